The Morgan fingerprint density at radius 3 is 2.32 bits per heavy atom. The highest BCUT2D eigenvalue weighted by Crippen LogP contribution is 2.09. The number of esters is 1. The summed E-state index contributed by atoms with van der Waals surface area (Å²) in [5.74, 6) is -0.842. The molecule has 0 aliphatic rings. The highest BCUT2D eigenvalue weighted by atomic mass is 16.6. The Balaban J connectivity index is 2.66. The molecule has 0 fully saturated rings. The highest BCUT2D eigenvalue weighted by molar-refractivity contribution is 5.83. The van der Waals surface area contributed by atoms with Crippen LogP contribution in [0.15, 0.2) is 30.3 Å². The number of benzene rings is 1. The molecular formula is C18H26N2O5. The van der Waals surface area contributed by atoms with Crippen LogP contribution in [0.4, 0.5) is 4.79 Å². The van der Waals surface area contributed by atoms with Crippen molar-refractivity contribution in [2.45, 2.75) is 51.9 Å². The predicted molar refractivity (Wildman–Crippen MR) is 92.7 cm³/mol. The topological polar surface area (TPSA) is 93.7 Å². The van der Waals surface area contributed by atoms with Crippen molar-refractivity contribution < 1.29 is 23.9 Å². The second kappa shape index (κ2) is 9.66. The van der Waals surface area contributed by atoms with E-state index in [0.717, 1.165) is 5.56 Å². The quantitative estimate of drug-likeness (QED) is 0.735. The first-order valence-corrected chi connectivity index (χ1v) is 8.12. The summed E-state index contributed by atoms with van der Waals surface area (Å²) in [6, 6.07) is 8.23. The number of nitrogens with one attached hydrogen (secondary N) is 2. The van der Waals surface area contributed by atoms with Gasteiger partial charge >= 0.3 is 12.1 Å². The first kappa shape index (κ1) is 20.5. The number of alkyl carbamates (subject to hydrolysis) is 1. The average Bonchev–Trinajstić information content (AvgIpc) is 2.55. The standard InChI is InChI=1S/C18H26N2O5/c1-18(2,3)25-17(23)20-14(10-11-15(21)19-4)16(22)24-12-13-8-6-5-7-9-13/h5-9,14H,10-12H2,1-4H3,(H,19,21)(H,20,23)/t14-/m0/s1. The van der Waals surface area contributed by atoms with Gasteiger partial charge in [-0.05, 0) is 32.8 Å². The van der Waals surface area contributed by atoms with Crippen molar-refractivity contribution in [1.29, 1.82) is 0 Å². The fraction of sp³-hybridized carbons (Fsp3) is 0.500. The second-order valence-electron chi connectivity index (χ2n) is 6.50. The Bertz CT molecular complexity index is 581. The highest BCUT2D eigenvalue weighted by Gasteiger charge is 2.26. The van der Waals surface area contributed by atoms with Crippen LogP contribution in [0.1, 0.15) is 39.2 Å². The Morgan fingerprint density at radius 1 is 1.12 bits per heavy atom. The minimum Gasteiger partial charge on any atom is -0.459 e. The van der Waals surface area contributed by atoms with Crippen LogP contribution in [0.5, 0.6) is 0 Å². The Labute approximate surface area is 148 Å². The summed E-state index contributed by atoms with van der Waals surface area (Å²) in [7, 11) is 1.51. The number of hydrogen-bond acceptors (Lipinski definition) is 5. The van der Waals surface area contributed by atoms with Gasteiger partial charge in [-0.1, -0.05) is 30.3 Å². The van der Waals surface area contributed by atoms with Crippen LogP contribution in [-0.4, -0.2) is 36.7 Å². The summed E-state index contributed by atoms with van der Waals surface area (Å²) < 4.78 is 10.4. The van der Waals surface area contributed by atoms with E-state index in [1.165, 1.54) is 7.05 Å². The lowest BCUT2D eigenvalue weighted by atomic mass is 10.1. The van der Waals surface area contributed by atoms with E-state index in [2.05, 4.69) is 10.6 Å². The molecule has 0 bridgehead atoms. The fourth-order valence-electron chi connectivity index (χ4n) is 1.93. The Kier molecular flexibility index (Phi) is 7.91. The second-order valence-corrected chi connectivity index (χ2v) is 6.50. The first-order chi connectivity index (χ1) is 11.7. The molecule has 0 heterocycles. The molecule has 7 nitrogen and oxygen atoms in total. The molecule has 7 heteroatoms. The first-order valence-electron chi connectivity index (χ1n) is 8.12. The smallest absolute Gasteiger partial charge is 0.408 e. The molecule has 0 unspecified atom stereocenters. The molecule has 0 aliphatic carbocycles. The number of ether oxygens (including phenoxy) is 2. The molecule has 2 N–H and O–H groups in total. The van der Waals surface area contributed by atoms with Gasteiger partial charge < -0.3 is 20.1 Å². The third-order valence-corrected chi connectivity index (χ3v) is 3.14. The van der Waals surface area contributed by atoms with Gasteiger partial charge in [0.15, 0.2) is 0 Å². The van der Waals surface area contributed by atoms with Crippen molar-refractivity contribution in [3.8, 4) is 0 Å². The zero-order chi connectivity index (χ0) is 18.9. The van der Waals surface area contributed by atoms with Crippen molar-refractivity contribution in [3.63, 3.8) is 0 Å². The maximum Gasteiger partial charge on any atom is 0.408 e. The molecule has 1 aromatic rings. The Hall–Kier alpha value is -2.57. The molecular weight excluding hydrogens is 324 g/mol. The van der Waals surface area contributed by atoms with E-state index in [1.54, 1.807) is 20.8 Å². The lowest BCUT2D eigenvalue weighted by molar-refractivity contribution is -0.147. The van der Waals surface area contributed by atoms with Crippen LogP contribution < -0.4 is 10.6 Å². The maximum atomic E-state index is 12.3. The van der Waals surface area contributed by atoms with Crippen molar-refractivity contribution in [3.05, 3.63) is 35.9 Å². The minimum absolute atomic E-state index is 0.0808. The van der Waals surface area contributed by atoms with Crippen LogP contribution in [0.3, 0.4) is 0 Å². The molecule has 0 saturated carbocycles. The van der Waals surface area contributed by atoms with Gasteiger partial charge in [-0.2, -0.15) is 0 Å². The molecule has 0 aliphatic heterocycles. The number of hydrogen-bond donors (Lipinski definition) is 2. The van der Waals surface area contributed by atoms with E-state index in [9.17, 15) is 14.4 Å². The maximum absolute atomic E-state index is 12.3. The van der Waals surface area contributed by atoms with Crippen molar-refractivity contribution >= 4 is 18.0 Å². The van der Waals surface area contributed by atoms with Gasteiger partial charge in [-0.15, -0.1) is 0 Å². The van der Waals surface area contributed by atoms with Gasteiger partial charge in [0.05, 0.1) is 0 Å². The van der Waals surface area contributed by atoms with Crippen molar-refractivity contribution in [1.82, 2.24) is 10.6 Å². The van der Waals surface area contributed by atoms with Crippen LogP contribution >= 0.6 is 0 Å². The van der Waals surface area contributed by atoms with Gasteiger partial charge in [-0.25, -0.2) is 9.59 Å². The fourth-order valence-corrected chi connectivity index (χ4v) is 1.93. The van der Waals surface area contributed by atoms with Crippen LogP contribution in [0.2, 0.25) is 0 Å². The summed E-state index contributed by atoms with van der Waals surface area (Å²) in [4.78, 5) is 35.6. The lowest BCUT2D eigenvalue weighted by Crippen LogP contribution is -2.44. The molecule has 0 spiro atoms. The van der Waals surface area contributed by atoms with Gasteiger partial charge in [0.2, 0.25) is 5.91 Å². The minimum atomic E-state index is -0.962. The van der Waals surface area contributed by atoms with Gasteiger partial charge in [-0.3, -0.25) is 4.79 Å². The van der Waals surface area contributed by atoms with E-state index < -0.39 is 23.7 Å². The summed E-state index contributed by atoms with van der Waals surface area (Å²) in [5, 5.41) is 4.95. The largest absolute Gasteiger partial charge is 0.459 e. The lowest BCUT2D eigenvalue weighted by Gasteiger charge is -2.23. The summed E-state index contributed by atoms with van der Waals surface area (Å²) in [6.45, 7) is 5.26. The Morgan fingerprint density at radius 2 is 1.76 bits per heavy atom. The molecule has 138 valence electrons. The zero-order valence-electron chi connectivity index (χ0n) is 15.1. The summed E-state index contributed by atoms with van der Waals surface area (Å²) in [6.07, 6.45) is -0.532. The molecule has 25 heavy (non-hydrogen) atoms. The normalized spacial score (nSPS) is 12.0. The summed E-state index contributed by atoms with van der Waals surface area (Å²) in [5.41, 5.74) is 0.141. The van der Waals surface area contributed by atoms with Gasteiger partial charge in [0.25, 0.3) is 0 Å². The number of carbonyl (C=O) groups excluding carboxylic acids is 3. The predicted octanol–water partition coefficient (Wildman–Crippen LogP) is 2.15. The molecule has 1 aromatic carbocycles. The van der Waals surface area contributed by atoms with E-state index in [4.69, 9.17) is 9.47 Å². The van der Waals surface area contributed by atoms with Crippen LogP contribution in [-0.2, 0) is 25.7 Å². The number of rotatable bonds is 7. The number of carbonyl (C=O) groups is 3. The monoisotopic (exact) mass is 350 g/mol. The van der Waals surface area contributed by atoms with E-state index in [1.807, 2.05) is 30.3 Å². The van der Waals surface area contributed by atoms with Crippen LogP contribution in [0.25, 0.3) is 0 Å². The SMILES string of the molecule is CNC(=O)CC[C@H](NC(=O)OC(C)(C)C)C(=O)OCc1ccccc1. The van der Waals surface area contributed by atoms with Crippen molar-refractivity contribution in [2.24, 2.45) is 0 Å². The molecule has 0 radical (unpaired) electrons. The number of amides is 2. The van der Waals surface area contributed by atoms with E-state index in [-0.39, 0.29) is 25.4 Å². The summed E-state index contributed by atoms with van der Waals surface area (Å²) >= 11 is 0. The molecule has 0 aromatic heterocycles. The van der Waals surface area contributed by atoms with Gasteiger partial charge in [0, 0.05) is 13.5 Å². The van der Waals surface area contributed by atoms with Gasteiger partial charge in [0.1, 0.15) is 18.2 Å². The van der Waals surface area contributed by atoms with Crippen molar-refractivity contribution in [2.75, 3.05) is 7.05 Å². The third-order valence-electron chi connectivity index (χ3n) is 3.14. The molecule has 0 saturated heterocycles. The van der Waals surface area contributed by atoms with E-state index in [0.29, 0.717) is 0 Å². The zero-order valence-corrected chi connectivity index (χ0v) is 15.1. The van der Waals surface area contributed by atoms with E-state index >= 15 is 0 Å². The molecule has 1 atom stereocenters. The third kappa shape index (κ3) is 8.74. The average molecular weight is 350 g/mol. The molecule has 2 amide bonds. The van der Waals surface area contributed by atoms with Crippen LogP contribution in [0, 0.1) is 0 Å². The molecule has 1 rings (SSSR count).